The fraction of sp³-hybridized carbons (Fsp3) is 0.273. The molecule has 1 N–H and O–H groups in total. The van der Waals surface area contributed by atoms with Crippen molar-refractivity contribution in [3.05, 3.63) is 33.4 Å². The predicted octanol–water partition coefficient (Wildman–Crippen LogP) is 1.11. The van der Waals surface area contributed by atoms with E-state index in [0.717, 1.165) is 3.57 Å². The number of nitrogens with one attached hydrogen (secondary N) is 1. The molecule has 86 valence electrons. The number of carbonyl (C=O) groups is 2. The Kier molecular flexibility index (Phi) is 4.72. The minimum atomic E-state index is -0.222. The van der Waals surface area contributed by atoms with Crippen molar-refractivity contribution in [2.24, 2.45) is 0 Å². The highest BCUT2D eigenvalue weighted by Gasteiger charge is 2.11. The van der Waals surface area contributed by atoms with Crippen molar-refractivity contribution in [3.63, 3.8) is 0 Å². The first-order valence-corrected chi connectivity index (χ1v) is 5.83. The van der Waals surface area contributed by atoms with Crippen LogP contribution in [0.3, 0.4) is 0 Å². The van der Waals surface area contributed by atoms with Gasteiger partial charge >= 0.3 is 0 Å². The Bertz CT molecular complexity index is 405. The lowest BCUT2D eigenvalue weighted by Gasteiger charge is -2.11. The summed E-state index contributed by atoms with van der Waals surface area (Å²) in [7, 11) is 3.31. The maximum atomic E-state index is 11.7. The average Bonchev–Trinajstić information content (AvgIpc) is 2.25. The van der Waals surface area contributed by atoms with Crippen LogP contribution in [0.25, 0.3) is 0 Å². The second-order valence-electron chi connectivity index (χ2n) is 3.45. The van der Waals surface area contributed by atoms with Gasteiger partial charge in [0.15, 0.2) is 0 Å². The Morgan fingerprint density at radius 1 is 1.31 bits per heavy atom. The number of amides is 2. The highest BCUT2D eigenvalue weighted by molar-refractivity contribution is 14.1. The fourth-order valence-electron chi connectivity index (χ4n) is 1.05. The maximum absolute atomic E-state index is 11.7. The standard InChI is InChI=1S/C11H13IN2O2/c1-14(2)10(15)7-13-11(16)8-5-3-4-6-9(8)12/h3-6H,7H2,1-2H3,(H,13,16). The Hall–Kier alpha value is -1.11. The molecular weight excluding hydrogens is 319 g/mol. The van der Waals surface area contributed by atoms with Gasteiger partial charge in [0.2, 0.25) is 5.91 Å². The number of carbonyl (C=O) groups excluding carboxylic acids is 2. The van der Waals surface area contributed by atoms with Gasteiger partial charge in [-0.05, 0) is 34.7 Å². The van der Waals surface area contributed by atoms with Crippen molar-refractivity contribution in [3.8, 4) is 0 Å². The number of likely N-dealkylation sites (N-methyl/N-ethyl adjacent to an activating group) is 1. The van der Waals surface area contributed by atoms with Crippen molar-refractivity contribution in [2.45, 2.75) is 0 Å². The average molecular weight is 332 g/mol. The molecule has 0 bridgehead atoms. The summed E-state index contributed by atoms with van der Waals surface area (Å²) >= 11 is 2.09. The molecule has 0 aliphatic carbocycles. The Morgan fingerprint density at radius 2 is 1.94 bits per heavy atom. The first-order chi connectivity index (χ1) is 7.52. The quantitative estimate of drug-likeness (QED) is 0.843. The molecule has 0 fully saturated rings. The molecule has 0 saturated carbocycles. The van der Waals surface area contributed by atoms with Gasteiger partial charge in [0, 0.05) is 17.7 Å². The zero-order valence-corrected chi connectivity index (χ0v) is 11.3. The molecule has 1 aromatic rings. The summed E-state index contributed by atoms with van der Waals surface area (Å²) in [4.78, 5) is 24.4. The minimum absolute atomic E-state index is 0.0246. The first-order valence-electron chi connectivity index (χ1n) is 4.75. The van der Waals surface area contributed by atoms with Gasteiger partial charge in [-0.25, -0.2) is 0 Å². The molecule has 1 aromatic carbocycles. The Balaban J connectivity index is 2.60. The molecule has 0 saturated heterocycles. The van der Waals surface area contributed by atoms with E-state index >= 15 is 0 Å². The smallest absolute Gasteiger partial charge is 0.252 e. The topological polar surface area (TPSA) is 49.4 Å². The molecule has 2 amide bonds. The van der Waals surface area contributed by atoms with Crippen molar-refractivity contribution >= 4 is 34.4 Å². The van der Waals surface area contributed by atoms with Gasteiger partial charge < -0.3 is 10.2 Å². The zero-order chi connectivity index (χ0) is 12.1. The van der Waals surface area contributed by atoms with Crippen LogP contribution < -0.4 is 5.32 Å². The molecule has 0 aliphatic heterocycles. The fourth-order valence-corrected chi connectivity index (χ4v) is 1.69. The second-order valence-corrected chi connectivity index (χ2v) is 4.61. The minimum Gasteiger partial charge on any atom is -0.347 e. The summed E-state index contributed by atoms with van der Waals surface area (Å²) in [5.41, 5.74) is 0.592. The van der Waals surface area contributed by atoms with Crippen LogP contribution in [0.5, 0.6) is 0 Å². The molecule has 0 aliphatic rings. The lowest BCUT2D eigenvalue weighted by molar-refractivity contribution is -0.127. The molecule has 4 nitrogen and oxygen atoms in total. The van der Waals surface area contributed by atoms with Gasteiger partial charge in [-0.15, -0.1) is 0 Å². The number of hydrogen-bond acceptors (Lipinski definition) is 2. The summed E-state index contributed by atoms with van der Waals surface area (Å²) < 4.78 is 0.870. The van der Waals surface area contributed by atoms with Gasteiger partial charge in [0.05, 0.1) is 12.1 Å². The van der Waals surface area contributed by atoms with Crippen LogP contribution in [0.1, 0.15) is 10.4 Å². The molecule has 16 heavy (non-hydrogen) atoms. The number of nitrogens with zero attached hydrogens (tertiary/aromatic N) is 1. The van der Waals surface area contributed by atoms with E-state index in [1.165, 1.54) is 4.90 Å². The molecule has 0 aromatic heterocycles. The predicted molar refractivity (Wildman–Crippen MR) is 70.2 cm³/mol. The molecule has 0 radical (unpaired) electrons. The van der Waals surface area contributed by atoms with Crippen molar-refractivity contribution < 1.29 is 9.59 Å². The highest BCUT2D eigenvalue weighted by Crippen LogP contribution is 2.10. The van der Waals surface area contributed by atoms with Crippen molar-refractivity contribution in [1.29, 1.82) is 0 Å². The summed E-state index contributed by atoms with van der Waals surface area (Å²) in [5, 5.41) is 2.59. The lowest BCUT2D eigenvalue weighted by Crippen LogP contribution is -2.36. The van der Waals surface area contributed by atoms with Crippen LogP contribution in [0.15, 0.2) is 24.3 Å². The van der Waals surface area contributed by atoms with E-state index in [0.29, 0.717) is 5.56 Å². The van der Waals surface area contributed by atoms with Crippen LogP contribution in [0, 0.1) is 3.57 Å². The Morgan fingerprint density at radius 3 is 2.50 bits per heavy atom. The Labute approximate surface area is 108 Å². The van der Waals surface area contributed by atoms with Gasteiger partial charge in [0.1, 0.15) is 0 Å². The van der Waals surface area contributed by atoms with E-state index in [2.05, 4.69) is 27.9 Å². The van der Waals surface area contributed by atoms with Gasteiger partial charge in [0.25, 0.3) is 5.91 Å². The van der Waals surface area contributed by atoms with Crippen LogP contribution in [-0.4, -0.2) is 37.4 Å². The summed E-state index contributed by atoms with van der Waals surface area (Å²) in [6.07, 6.45) is 0. The van der Waals surface area contributed by atoms with Crippen molar-refractivity contribution in [2.75, 3.05) is 20.6 Å². The summed E-state index contributed by atoms with van der Waals surface area (Å²) in [6.45, 7) is 0.0246. The van der Waals surface area contributed by atoms with Crippen molar-refractivity contribution in [1.82, 2.24) is 10.2 Å². The number of hydrogen-bond donors (Lipinski definition) is 1. The van der Waals surface area contributed by atoms with E-state index < -0.39 is 0 Å². The van der Waals surface area contributed by atoms with E-state index in [1.807, 2.05) is 12.1 Å². The third-order valence-corrected chi connectivity index (χ3v) is 2.96. The lowest BCUT2D eigenvalue weighted by atomic mass is 10.2. The third-order valence-electron chi connectivity index (χ3n) is 2.02. The normalized spacial score (nSPS) is 9.69. The van der Waals surface area contributed by atoms with Crippen LogP contribution >= 0.6 is 22.6 Å². The van der Waals surface area contributed by atoms with E-state index in [-0.39, 0.29) is 18.4 Å². The van der Waals surface area contributed by atoms with Gasteiger partial charge in [-0.3, -0.25) is 9.59 Å². The largest absolute Gasteiger partial charge is 0.347 e. The number of benzene rings is 1. The number of halogens is 1. The SMILES string of the molecule is CN(C)C(=O)CNC(=O)c1ccccc1I. The zero-order valence-electron chi connectivity index (χ0n) is 9.16. The monoisotopic (exact) mass is 332 g/mol. The molecule has 0 unspecified atom stereocenters. The maximum Gasteiger partial charge on any atom is 0.252 e. The number of rotatable bonds is 3. The van der Waals surface area contributed by atoms with E-state index in [9.17, 15) is 9.59 Å². The highest BCUT2D eigenvalue weighted by atomic mass is 127. The van der Waals surface area contributed by atoms with Gasteiger partial charge in [-0.2, -0.15) is 0 Å². The summed E-state index contributed by atoms with van der Waals surface area (Å²) in [6, 6.07) is 7.24. The molecule has 0 spiro atoms. The summed E-state index contributed by atoms with van der Waals surface area (Å²) in [5.74, 6) is -0.348. The molecule has 0 atom stereocenters. The van der Waals surface area contributed by atoms with Gasteiger partial charge in [-0.1, -0.05) is 12.1 Å². The van der Waals surface area contributed by atoms with Crippen LogP contribution in [0.2, 0.25) is 0 Å². The van der Waals surface area contributed by atoms with Crippen LogP contribution in [-0.2, 0) is 4.79 Å². The molecule has 5 heteroatoms. The molecular formula is C11H13IN2O2. The van der Waals surface area contributed by atoms with E-state index in [1.54, 1.807) is 26.2 Å². The third kappa shape index (κ3) is 3.48. The molecule has 1 rings (SSSR count). The second kappa shape index (κ2) is 5.83. The molecule has 0 heterocycles. The first kappa shape index (κ1) is 13.0. The van der Waals surface area contributed by atoms with E-state index in [4.69, 9.17) is 0 Å². The van der Waals surface area contributed by atoms with Crippen LogP contribution in [0.4, 0.5) is 0 Å².